The molecule has 2 aromatic rings. The Morgan fingerprint density at radius 1 is 1.07 bits per heavy atom. The van der Waals surface area contributed by atoms with Gasteiger partial charge in [0.15, 0.2) is 0 Å². The van der Waals surface area contributed by atoms with Crippen molar-refractivity contribution in [1.29, 1.82) is 0 Å². The average molecular weight is 383 g/mol. The number of carbonyl (C=O) groups is 2. The van der Waals surface area contributed by atoms with Crippen LogP contribution in [0.3, 0.4) is 0 Å². The summed E-state index contributed by atoms with van der Waals surface area (Å²) in [4.78, 5) is 24.2. The quantitative estimate of drug-likeness (QED) is 0.608. The fourth-order valence-corrected chi connectivity index (χ4v) is 3.09. The second-order valence-electron chi connectivity index (χ2n) is 7.25. The maximum atomic E-state index is 13.1. The second kappa shape index (κ2) is 9.35. The van der Waals surface area contributed by atoms with E-state index in [0.717, 1.165) is 18.4 Å². The largest absolute Gasteiger partial charge is 0.352 e. The van der Waals surface area contributed by atoms with E-state index in [9.17, 15) is 14.0 Å². The molecule has 1 atom stereocenters. The van der Waals surface area contributed by atoms with Crippen molar-refractivity contribution >= 4 is 11.9 Å². The molecule has 1 fully saturated rings. The molecule has 28 heavy (non-hydrogen) atoms. The van der Waals surface area contributed by atoms with Gasteiger partial charge in [0.2, 0.25) is 0 Å². The second-order valence-corrected chi connectivity index (χ2v) is 7.25. The minimum atomic E-state index is -0.440. The first-order valence-electron chi connectivity index (χ1n) is 9.67. The number of urea groups is 1. The Kier molecular flexibility index (Phi) is 6.63. The lowest BCUT2D eigenvalue weighted by molar-refractivity contribution is 0.0953. The van der Waals surface area contributed by atoms with Crippen molar-refractivity contribution < 1.29 is 14.0 Å². The zero-order valence-corrected chi connectivity index (χ0v) is 16.0. The normalized spacial score (nSPS) is 14.2. The van der Waals surface area contributed by atoms with Crippen LogP contribution in [0.15, 0.2) is 48.5 Å². The van der Waals surface area contributed by atoms with Crippen molar-refractivity contribution in [3.05, 3.63) is 71.0 Å². The third-order valence-electron chi connectivity index (χ3n) is 4.83. The van der Waals surface area contributed by atoms with Crippen molar-refractivity contribution in [3.63, 3.8) is 0 Å². The lowest BCUT2D eigenvalue weighted by Crippen LogP contribution is -2.40. The van der Waals surface area contributed by atoms with Crippen LogP contribution < -0.4 is 16.0 Å². The number of hydrogen-bond donors (Lipinski definition) is 3. The van der Waals surface area contributed by atoms with Crippen LogP contribution in [0.5, 0.6) is 0 Å². The topological polar surface area (TPSA) is 70.2 Å². The summed E-state index contributed by atoms with van der Waals surface area (Å²) in [6.07, 6.45) is 2.85. The van der Waals surface area contributed by atoms with Gasteiger partial charge in [0.05, 0.1) is 6.04 Å². The Balaban J connectivity index is 1.38. The highest BCUT2D eigenvalue weighted by atomic mass is 19.1. The highest BCUT2D eigenvalue weighted by Gasteiger charge is 2.33. The minimum Gasteiger partial charge on any atom is -0.352 e. The Morgan fingerprint density at radius 2 is 1.79 bits per heavy atom. The standard InChI is InChI=1S/C22H26FN3O2/c1-15-6-8-16(9-7-15)20(17-10-11-17)26-22(28)25-13-3-12-24-21(27)18-4-2-5-19(23)14-18/h2,4-9,14,17,20H,3,10-13H2,1H3,(H,24,27)(H2,25,26,28). The maximum absolute atomic E-state index is 13.1. The fraction of sp³-hybridized carbons (Fsp3) is 0.364. The van der Waals surface area contributed by atoms with E-state index in [1.54, 1.807) is 6.07 Å². The molecule has 0 aliphatic heterocycles. The lowest BCUT2D eigenvalue weighted by atomic mass is 10.0. The van der Waals surface area contributed by atoms with Gasteiger partial charge in [0, 0.05) is 18.7 Å². The van der Waals surface area contributed by atoms with Crippen LogP contribution >= 0.6 is 0 Å². The first-order valence-corrected chi connectivity index (χ1v) is 9.67. The van der Waals surface area contributed by atoms with E-state index < -0.39 is 5.82 Å². The molecule has 1 aliphatic carbocycles. The van der Waals surface area contributed by atoms with Gasteiger partial charge in [0.1, 0.15) is 5.82 Å². The molecule has 0 heterocycles. The van der Waals surface area contributed by atoms with E-state index in [4.69, 9.17) is 0 Å². The number of carbonyl (C=O) groups excluding carboxylic acids is 2. The Labute approximate surface area is 164 Å². The van der Waals surface area contributed by atoms with Gasteiger partial charge in [-0.15, -0.1) is 0 Å². The third-order valence-corrected chi connectivity index (χ3v) is 4.83. The van der Waals surface area contributed by atoms with Crippen LogP contribution in [0.25, 0.3) is 0 Å². The van der Waals surface area contributed by atoms with E-state index in [1.165, 1.54) is 23.8 Å². The highest BCUT2D eigenvalue weighted by Crippen LogP contribution is 2.40. The van der Waals surface area contributed by atoms with Gasteiger partial charge in [-0.2, -0.15) is 0 Å². The summed E-state index contributed by atoms with van der Waals surface area (Å²) in [6.45, 7) is 2.89. The summed E-state index contributed by atoms with van der Waals surface area (Å²) in [7, 11) is 0. The first-order chi connectivity index (χ1) is 13.5. The molecule has 2 aromatic carbocycles. The summed E-state index contributed by atoms with van der Waals surface area (Å²) in [6, 6.07) is 13.7. The molecule has 0 saturated heterocycles. The summed E-state index contributed by atoms with van der Waals surface area (Å²) >= 11 is 0. The van der Waals surface area contributed by atoms with E-state index in [1.807, 2.05) is 6.92 Å². The molecule has 0 spiro atoms. The predicted octanol–water partition coefficient (Wildman–Crippen LogP) is 3.70. The molecule has 5 nitrogen and oxygen atoms in total. The SMILES string of the molecule is Cc1ccc(C(NC(=O)NCCCNC(=O)c2cccc(F)c2)C2CC2)cc1. The third kappa shape index (κ3) is 5.81. The van der Waals surface area contributed by atoms with Crippen molar-refractivity contribution in [1.82, 2.24) is 16.0 Å². The van der Waals surface area contributed by atoms with Gasteiger partial charge >= 0.3 is 6.03 Å². The highest BCUT2D eigenvalue weighted by molar-refractivity contribution is 5.94. The molecule has 0 aromatic heterocycles. The van der Waals surface area contributed by atoms with Crippen molar-refractivity contribution in [2.45, 2.75) is 32.2 Å². The first kappa shape index (κ1) is 19.9. The van der Waals surface area contributed by atoms with Crippen LogP contribution in [-0.4, -0.2) is 25.0 Å². The van der Waals surface area contributed by atoms with Gasteiger partial charge in [-0.25, -0.2) is 9.18 Å². The summed E-state index contributed by atoms with van der Waals surface area (Å²) in [5.74, 6) is -0.263. The van der Waals surface area contributed by atoms with Gasteiger partial charge < -0.3 is 16.0 Å². The summed E-state index contributed by atoms with van der Waals surface area (Å²) in [5, 5.41) is 8.63. The summed E-state index contributed by atoms with van der Waals surface area (Å²) in [5.41, 5.74) is 2.62. The van der Waals surface area contributed by atoms with Gasteiger partial charge in [0.25, 0.3) is 5.91 Å². The molecule has 1 saturated carbocycles. The molecule has 3 amide bonds. The monoisotopic (exact) mass is 383 g/mol. The number of halogens is 1. The van der Waals surface area contributed by atoms with Crippen LogP contribution in [0.2, 0.25) is 0 Å². The average Bonchev–Trinajstić information content (AvgIpc) is 3.51. The molecule has 3 N–H and O–H groups in total. The Hall–Kier alpha value is -2.89. The van der Waals surface area contributed by atoms with Crippen molar-refractivity contribution in [2.24, 2.45) is 5.92 Å². The van der Waals surface area contributed by atoms with E-state index in [2.05, 4.69) is 40.2 Å². The maximum Gasteiger partial charge on any atom is 0.315 e. The number of aryl methyl sites for hydroxylation is 1. The number of amides is 3. The Morgan fingerprint density at radius 3 is 2.46 bits per heavy atom. The van der Waals surface area contributed by atoms with E-state index >= 15 is 0 Å². The molecule has 0 bridgehead atoms. The van der Waals surface area contributed by atoms with Crippen LogP contribution in [-0.2, 0) is 0 Å². The lowest BCUT2D eigenvalue weighted by Gasteiger charge is -2.19. The van der Waals surface area contributed by atoms with E-state index in [0.29, 0.717) is 25.4 Å². The molecular weight excluding hydrogens is 357 g/mol. The zero-order chi connectivity index (χ0) is 19.9. The van der Waals surface area contributed by atoms with Crippen molar-refractivity contribution in [3.8, 4) is 0 Å². The minimum absolute atomic E-state index is 0.0354. The molecule has 3 rings (SSSR count). The fourth-order valence-electron chi connectivity index (χ4n) is 3.09. The number of benzene rings is 2. The number of hydrogen-bond acceptors (Lipinski definition) is 2. The Bertz CT molecular complexity index is 819. The summed E-state index contributed by atoms with van der Waals surface area (Å²) < 4.78 is 13.1. The van der Waals surface area contributed by atoms with Gasteiger partial charge in [-0.3, -0.25) is 4.79 Å². The van der Waals surface area contributed by atoms with Crippen molar-refractivity contribution in [2.75, 3.05) is 13.1 Å². The smallest absolute Gasteiger partial charge is 0.315 e. The van der Waals surface area contributed by atoms with Crippen LogP contribution in [0.1, 0.15) is 46.8 Å². The number of rotatable bonds is 8. The van der Waals surface area contributed by atoms with Gasteiger partial charge in [-0.1, -0.05) is 35.9 Å². The van der Waals surface area contributed by atoms with E-state index in [-0.39, 0.29) is 23.5 Å². The molecule has 0 radical (unpaired) electrons. The van der Waals surface area contributed by atoms with Crippen LogP contribution in [0.4, 0.5) is 9.18 Å². The molecular formula is C22H26FN3O2. The molecule has 6 heteroatoms. The van der Waals surface area contributed by atoms with Gasteiger partial charge in [-0.05, 0) is 55.9 Å². The van der Waals surface area contributed by atoms with Crippen LogP contribution in [0, 0.1) is 18.7 Å². The molecule has 148 valence electrons. The number of nitrogens with one attached hydrogen (secondary N) is 3. The molecule has 1 aliphatic rings. The molecule has 1 unspecified atom stereocenters. The zero-order valence-electron chi connectivity index (χ0n) is 16.0. The predicted molar refractivity (Wildman–Crippen MR) is 107 cm³/mol.